The average Bonchev–Trinajstić information content (AvgIpc) is 3.28. The third-order valence-electron chi connectivity index (χ3n) is 7.18. The van der Waals surface area contributed by atoms with E-state index in [4.69, 9.17) is 4.42 Å². The summed E-state index contributed by atoms with van der Waals surface area (Å²) in [5, 5.41) is 3.12. The fraction of sp³-hybridized carbons (Fsp3) is 0.370. The maximum atomic E-state index is 13.0. The number of furan rings is 1. The molecule has 3 heterocycles. The maximum Gasteiger partial charge on any atom is 0.253 e. The maximum absolute atomic E-state index is 13.0. The summed E-state index contributed by atoms with van der Waals surface area (Å²) < 4.78 is 5.42. The van der Waals surface area contributed by atoms with E-state index < -0.39 is 0 Å². The number of carbonyl (C=O) groups is 2. The van der Waals surface area contributed by atoms with E-state index in [9.17, 15) is 9.59 Å². The Balaban J connectivity index is 1.07. The van der Waals surface area contributed by atoms with Crippen molar-refractivity contribution in [3.63, 3.8) is 0 Å². The zero-order valence-electron chi connectivity index (χ0n) is 18.7. The summed E-state index contributed by atoms with van der Waals surface area (Å²) in [5.41, 5.74) is 2.99. The molecule has 0 unspecified atom stereocenters. The molecule has 6 nitrogen and oxygen atoms in total. The van der Waals surface area contributed by atoms with Crippen LogP contribution in [0.1, 0.15) is 41.6 Å². The van der Waals surface area contributed by atoms with Crippen molar-refractivity contribution in [1.82, 2.24) is 15.2 Å². The number of piperidine rings is 1. The molecule has 1 aliphatic heterocycles. The van der Waals surface area contributed by atoms with Crippen molar-refractivity contribution in [2.24, 2.45) is 11.3 Å². The molecule has 1 N–H and O–H groups in total. The zero-order chi connectivity index (χ0) is 22.7. The van der Waals surface area contributed by atoms with Crippen LogP contribution in [-0.4, -0.2) is 41.3 Å². The predicted octanol–water partition coefficient (Wildman–Crippen LogP) is 4.33. The highest BCUT2D eigenvalue weighted by Crippen LogP contribution is 2.59. The van der Waals surface area contributed by atoms with Crippen molar-refractivity contribution in [2.75, 3.05) is 19.6 Å². The largest absolute Gasteiger partial charge is 0.464 e. The van der Waals surface area contributed by atoms with Gasteiger partial charge in [0.25, 0.3) is 5.91 Å². The standard InChI is InChI=1S/C27H29N3O3/c31-25(29-13-1-3-20-9-14-28-15-10-20)23-19-27(23)11-16-30(17-12-27)26(32)22-7-5-21(6-8-22)24-4-2-18-33-24/h2,4-10,14-15,18,23H,1,3,11-13,16-17,19H2,(H,29,31)/t23-/m0/s1. The molecular formula is C27H29N3O3. The first kappa shape index (κ1) is 21.4. The summed E-state index contributed by atoms with van der Waals surface area (Å²) in [6.07, 6.45) is 9.87. The van der Waals surface area contributed by atoms with Gasteiger partial charge in [-0.25, -0.2) is 0 Å². The van der Waals surface area contributed by atoms with Crippen LogP contribution in [0.3, 0.4) is 0 Å². The van der Waals surface area contributed by atoms with Gasteiger partial charge in [0, 0.05) is 49.1 Å². The quantitative estimate of drug-likeness (QED) is 0.552. The van der Waals surface area contributed by atoms with E-state index >= 15 is 0 Å². The van der Waals surface area contributed by atoms with Gasteiger partial charge in [0.15, 0.2) is 0 Å². The van der Waals surface area contributed by atoms with Gasteiger partial charge in [-0.2, -0.15) is 0 Å². The Labute approximate surface area is 194 Å². The lowest BCUT2D eigenvalue weighted by Gasteiger charge is -2.33. The fourth-order valence-corrected chi connectivity index (χ4v) is 5.01. The van der Waals surface area contributed by atoms with Gasteiger partial charge >= 0.3 is 0 Å². The first-order valence-corrected chi connectivity index (χ1v) is 11.7. The van der Waals surface area contributed by atoms with E-state index in [0.29, 0.717) is 25.2 Å². The second kappa shape index (κ2) is 9.22. The Kier molecular flexibility index (Phi) is 5.99. The number of hydrogen-bond acceptors (Lipinski definition) is 4. The normalized spacial score (nSPS) is 18.8. The lowest BCUT2D eigenvalue weighted by molar-refractivity contribution is -0.123. The van der Waals surface area contributed by atoms with Crippen molar-refractivity contribution in [2.45, 2.75) is 32.1 Å². The van der Waals surface area contributed by atoms with Crippen LogP contribution >= 0.6 is 0 Å². The van der Waals surface area contributed by atoms with Gasteiger partial charge in [0.2, 0.25) is 5.91 Å². The lowest BCUT2D eigenvalue weighted by atomic mass is 9.90. The Morgan fingerprint density at radius 2 is 1.82 bits per heavy atom. The number of rotatable bonds is 7. The fourth-order valence-electron chi connectivity index (χ4n) is 5.01. The number of nitrogens with zero attached hydrogens (tertiary/aromatic N) is 2. The summed E-state index contributed by atoms with van der Waals surface area (Å²) >= 11 is 0. The first-order chi connectivity index (χ1) is 16.1. The molecule has 2 aromatic heterocycles. The summed E-state index contributed by atoms with van der Waals surface area (Å²) in [5.74, 6) is 1.14. The Morgan fingerprint density at radius 3 is 2.52 bits per heavy atom. The zero-order valence-corrected chi connectivity index (χ0v) is 18.7. The predicted molar refractivity (Wildman–Crippen MR) is 125 cm³/mol. The highest BCUT2D eigenvalue weighted by atomic mass is 16.3. The molecule has 1 aliphatic carbocycles. The number of likely N-dealkylation sites (tertiary alicyclic amines) is 1. The minimum atomic E-state index is 0.0635. The SMILES string of the molecule is O=C(NCCCc1ccncc1)[C@@H]1CC12CCN(C(=O)c1ccc(-c3ccco3)cc1)CC2. The topological polar surface area (TPSA) is 75.4 Å². The molecule has 1 atom stereocenters. The molecule has 5 rings (SSSR count). The van der Waals surface area contributed by atoms with Gasteiger partial charge in [-0.1, -0.05) is 12.1 Å². The monoisotopic (exact) mass is 443 g/mol. The molecule has 170 valence electrons. The summed E-state index contributed by atoms with van der Waals surface area (Å²) in [7, 11) is 0. The molecule has 3 aromatic rings. The molecule has 0 radical (unpaired) electrons. The van der Waals surface area contributed by atoms with E-state index in [1.54, 1.807) is 18.7 Å². The van der Waals surface area contributed by atoms with Gasteiger partial charge in [0.1, 0.15) is 5.76 Å². The van der Waals surface area contributed by atoms with Crippen LogP contribution in [-0.2, 0) is 11.2 Å². The van der Waals surface area contributed by atoms with Crippen molar-refractivity contribution in [3.8, 4) is 11.3 Å². The van der Waals surface area contributed by atoms with Crippen molar-refractivity contribution in [1.29, 1.82) is 0 Å². The lowest BCUT2D eigenvalue weighted by Crippen LogP contribution is -2.40. The van der Waals surface area contributed by atoms with Gasteiger partial charge < -0.3 is 14.6 Å². The highest BCUT2D eigenvalue weighted by Gasteiger charge is 2.58. The second-order valence-electron chi connectivity index (χ2n) is 9.22. The van der Waals surface area contributed by atoms with Gasteiger partial charge in [0.05, 0.1) is 6.26 Å². The molecule has 2 fully saturated rings. The molecule has 1 aromatic carbocycles. The number of hydrogen-bond donors (Lipinski definition) is 1. The number of benzene rings is 1. The Hall–Kier alpha value is -3.41. The number of carbonyl (C=O) groups excluding carboxylic acids is 2. The summed E-state index contributed by atoms with van der Waals surface area (Å²) in [4.78, 5) is 31.6. The van der Waals surface area contributed by atoms with Crippen LogP contribution in [0, 0.1) is 11.3 Å². The number of aromatic nitrogens is 1. The average molecular weight is 444 g/mol. The van der Waals surface area contributed by atoms with Crippen LogP contribution in [0.25, 0.3) is 11.3 Å². The molecule has 1 spiro atoms. The number of aryl methyl sites for hydroxylation is 1. The summed E-state index contributed by atoms with van der Waals surface area (Å²) in [6, 6.07) is 15.4. The number of pyridine rings is 1. The van der Waals surface area contributed by atoms with Crippen LogP contribution < -0.4 is 5.32 Å². The minimum Gasteiger partial charge on any atom is -0.464 e. The third-order valence-corrected chi connectivity index (χ3v) is 7.18. The Bertz CT molecular complexity index is 1090. The van der Waals surface area contributed by atoms with Gasteiger partial charge in [-0.3, -0.25) is 14.6 Å². The highest BCUT2D eigenvalue weighted by molar-refractivity contribution is 5.94. The van der Waals surface area contributed by atoms with E-state index in [2.05, 4.69) is 10.3 Å². The van der Waals surface area contributed by atoms with Crippen molar-refractivity contribution >= 4 is 11.8 Å². The van der Waals surface area contributed by atoms with Crippen molar-refractivity contribution < 1.29 is 14.0 Å². The molecule has 1 saturated carbocycles. The molecule has 33 heavy (non-hydrogen) atoms. The Morgan fingerprint density at radius 1 is 1.06 bits per heavy atom. The number of nitrogens with one attached hydrogen (secondary N) is 1. The van der Waals surface area contributed by atoms with Crippen LogP contribution in [0.2, 0.25) is 0 Å². The van der Waals surface area contributed by atoms with E-state index in [-0.39, 0.29) is 23.1 Å². The van der Waals surface area contributed by atoms with E-state index in [1.165, 1.54) is 5.56 Å². The molecule has 2 aliphatic rings. The third kappa shape index (κ3) is 4.70. The number of amides is 2. The van der Waals surface area contributed by atoms with Gasteiger partial charge in [-0.05, 0) is 79.5 Å². The van der Waals surface area contributed by atoms with Gasteiger partial charge in [-0.15, -0.1) is 0 Å². The van der Waals surface area contributed by atoms with Crippen LogP contribution in [0.5, 0.6) is 0 Å². The molecule has 2 amide bonds. The van der Waals surface area contributed by atoms with E-state index in [1.807, 2.05) is 53.4 Å². The molecule has 0 bridgehead atoms. The van der Waals surface area contributed by atoms with Crippen molar-refractivity contribution in [3.05, 3.63) is 78.3 Å². The molecular weight excluding hydrogens is 414 g/mol. The molecule has 6 heteroatoms. The second-order valence-corrected chi connectivity index (χ2v) is 9.22. The minimum absolute atomic E-state index is 0.0635. The van der Waals surface area contributed by atoms with Crippen LogP contribution in [0.15, 0.2) is 71.6 Å². The summed E-state index contributed by atoms with van der Waals surface area (Å²) in [6.45, 7) is 2.13. The smallest absolute Gasteiger partial charge is 0.253 e. The van der Waals surface area contributed by atoms with E-state index in [0.717, 1.165) is 43.4 Å². The van der Waals surface area contributed by atoms with Crippen LogP contribution in [0.4, 0.5) is 0 Å². The first-order valence-electron chi connectivity index (χ1n) is 11.7. The molecule has 1 saturated heterocycles.